The van der Waals surface area contributed by atoms with Crippen molar-refractivity contribution in [1.29, 1.82) is 0 Å². The molecule has 0 spiro atoms. The number of amides is 1. The van der Waals surface area contributed by atoms with Gasteiger partial charge in [-0.3, -0.25) is 4.79 Å². The van der Waals surface area contributed by atoms with Gasteiger partial charge in [0.25, 0.3) is 0 Å². The minimum absolute atomic E-state index is 0. The van der Waals surface area contributed by atoms with Gasteiger partial charge in [-0.2, -0.15) is 0 Å². The Hall–Kier alpha value is -0.540. The van der Waals surface area contributed by atoms with Crippen LogP contribution in [0.25, 0.3) is 0 Å². The predicted molar refractivity (Wildman–Crippen MR) is 74.5 cm³/mol. The summed E-state index contributed by atoms with van der Waals surface area (Å²) < 4.78 is 0. The molecule has 1 saturated heterocycles. The molecule has 1 aliphatic heterocycles. The Kier molecular flexibility index (Phi) is 9.18. The smallest absolute Gasteiger partial charge is 0.222 e. The average Bonchev–Trinajstić information content (AvgIpc) is 2.79. The third-order valence-corrected chi connectivity index (χ3v) is 3.26. The lowest BCUT2D eigenvalue weighted by Gasteiger charge is -2.17. The maximum atomic E-state index is 11.8. The highest BCUT2D eigenvalue weighted by molar-refractivity contribution is 5.85. The van der Waals surface area contributed by atoms with Gasteiger partial charge in [0.1, 0.15) is 0 Å². The van der Waals surface area contributed by atoms with Crippen LogP contribution in [0.5, 0.6) is 0 Å². The van der Waals surface area contributed by atoms with Crippen molar-refractivity contribution < 1.29 is 4.79 Å². The Morgan fingerprint density at radius 2 is 2.35 bits per heavy atom. The number of carbonyl (C=O) groups excluding carboxylic acids is 1. The molecule has 1 heterocycles. The van der Waals surface area contributed by atoms with E-state index in [0.717, 1.165) is 38.9 Å². The fourth-order valence-electron chi connectivity index (χ4n) is 2.08. The third-order valence-electron chi connectivity index (χ3n) is 3.26. The molecular weight excluding hydrogens is 236 g/mol. The molecule has 1 N–H and O–H groups in total. The van der Waals surface area contributed by atoms with Crippen LogP contribution in [0.4, 0.5) is 0 Å². The van der Waals surface area contributed by atoms with Gasteiger partial charge in [0.2, 0.25) is 5.91 Å². The Morgan fingerprint density at radius 1 is 1.59 bits per heavy atom. The van der Waals surface area contributed by atoms with Crippen LogP contribution in [0.2, 0.25) is 0 Å². The van der Waals surface area contributed by atoms with E-state index in [1.54, 1.807) is 0 Å². The van der Waals surface area contributed by atoms with Crippen LogP contribution in [0.1, 0.15) is 32.1 Å². The number of unbranched alkanes of at least 4 members (excludes halogenated alkanes) is 1. The molecule has 0 bridgehead atoms. The molecule has 1 aliphatic rings. The molecule has 0 saturated carbocycles. The first kappa shape index (κ1) is 16.5. The van der Waals surface area contributed by atoms with E-state index in [2.05, 4.69) is 11.9 Å². The van der Waals surface area contributed by atoms with E-state index in [1.165, 1.54) is 6.42 Å². The van der Waals surface area contributed by atoms with Crippen molar-refractivity contribution in [1.82, 2.24) is 10.2 Å². The van der Waals surface area contributed by atoms with Crippen LogP contribution in [0, 0.1) is 5.92 Å². The van der Waals surface area contributed by atoms with Crippen molar-refractivity contribution >= 4 is 18.3 Å². The average molecular weight is 261 g/mol. The van der Waals surface area contributed by atoms with Gasteiger partial charge in [0, 0.05) is 20.0 Å². The number of allylic oxidation sites excluding steroid dienone is 1. The zero-order valence-electron chi connectivity index (χ0n) is 10.8. The van der Waals surface area contributed by atoms with Gasteiger partial charge in [0.05, 0.1) is 0 Å². The molecule has 1 rings (SSSR count). The predicted octanol–water partition coefficient (Wildman–Crippen LogP) is 2.22. The second-order valence-electron chi connectivity index (χ2n) is 4.64. The van der Waals surface area contributed by atoms with E-state index >= 15 is 0 Å². The number of nitrogens with zero attached hydrogens (tertiary/aromatic N) is 1. The number of rotatable bonds is 7. The zero-order valence-corrected chi connectivity index (χ0v) is 11.6. The van der Waals surface area contributed by atoms with Crippen molar-refractivity contribution in [3.8, 4) is 0 Å². The Morgan fingerprint density at radius 3 is 2.94 bits per heavy atom. The molecular formula is C13H25ClN2O. The highest BCUT2D eigenvalue weighted by atomic mass is 35.5. The maximum absolute atomic E-state index is 11.8. The summed E-state index contributed by atoms with van der Waals surface area (Å²) in [5.74, 6) is 1.00. The van der Waals surface area contributed by atoms with Crippen LogP contribution in [-0.4, -0.2) is 37.5 Å². The third kappa shape index (κ3) is 6.69. The molecule has 4 heteroatoms. The van der Waals surface area contributed by atoms with Crippen molar-refractivity contribution in [3.05, 3.63) is 12.7 Å². The molecule has 3 nitrogen and oxygen atoms in total. The summed E-state index contributed by atoms with van der Waals surface area (Å²) >= 11 is 0. The Balaban J connectivity index is 0.00000256. The normalized spacial score (nSPS) is 18.5. The second kappa shape index (κ2) is 9.49. The SMILES string of the molecule is C=CCCCN(C)C(=O)CCC1CCNC1.Cl. The molecule has 17 heavy (non-hydrogen) atoms. The monoisotopic (exact) mass is 260 g/mol. The van der Waals surface area contributed by atoms with Gasteiger partial charge in [-0.05, 0) is 44.7 Å². The van der Waals surface area contributed by atoms with Crippen LogP contribution < -0.4 is 5.32 Å². The lowest BCUT2D eigenvalue weighted by Crippen LogP contribution is -2.28. The fourth-order valence-corrected chi connectivity index (χ4v) is 2.08. The van der Waals surface area contributed by atoms with Gasteiger partial charge < -0.3 is 10.2 Å². The van der Waals surface area contributed by atoms with E-state index in [4.69, 9.17) is 0 Å². The fraction of sp³-hybridized carbons (Fsp3) is 0.769. The van der Waals surface area contributed by atoms with E-state index in [9.17, 15) is 4.79 Å². The minimum Gasteiger partial charge on any atom is -0.346 e. The largest absolute Gasteiger partial charge is 0.346 e. The van der Waals surface area contributed by atoms with Gasteiger partial charge >= 0.3 is 0 Å². The van der Waals surface area contributed by atoms with Crippen LogP contribution in [0.15, 0.2) is 12.7 Å². The molecule has 0 aromatic heterocycles. The summed E-state index contributed by atoms with van der Waals surface area (Å²) in [4.78, 5) is 13.6. The van der Waals surface area contributed by atoms with Crippen molar-refractivity contribution in [2.24, 2.45) is 5.92 Å². The first-order valence-corrected chi connectivity index (χ1v) is 6.29. The number of carbonyl (C=O) groups is 1. The second-order valence-corrected chi connectivity index (χ2v) is 4.64. The zero-order chi connectivity index (χ0) is 11.8. The molecule has 1 atom stereocenters. The van der Waals surface area contributed by atoms with Crippen molar-refractivity contribution in [2.75, 3.05) is 26.7 Å². The number of hydrogen-bond donors (Lipinski definition) is 1. The summed E-state index contributed by atoms with van der Waals surface area (Å²) in [6.07, 6.45) is 6.89. The Labute approximate surface area is 111 Å². The molecule has 0 radical (unpaired) electrons. The van der Waals surface area contributed by atoms with E-state index in [-0.39, 0.29) is 18.3 Å². The Bertz CT molecular complexity index is 227. The highest BCUT2D eigenvalue weighted by Crippen LogP contribution is 2.14. The van der Waals surface area contributed by atoms with Crippen molar-refractivity contribution in [3.63, 3.8) is 0 Å². The molecule has 100 valence electrons. The van der Waals surface area contributed by atoms with Crippen LogP contribution in [-0.2, 0) is 4.79 Å². The topological polar surface area (TPSA) is 32.3 Å². The van der Waals surface area contributed by atoms with Gasteiger partial charge in [-0.1, -0.05) is 6.08 Å². The minimum atomic E-state index is 0. The molecule has 0 aliphatic carbocycles. The molecule has 1 unspecified atom stereocenters. The number of halogens is 1. The summed E-state index contributed by atoms with van der Waals surface area (Å²) in [6, 6.07) is 0. The standard InChI is InChI=1S/C13H24N2O.ClH/c1-3-4-5-10-15(2)13(16)7-6-12-8-9-14-11-12;/h3,12,14H,1,4-11H2,2H3;1H. The number of hydrogen-bond acceptors (Lipinski definition) is 2. The number of nitrogens with one attached hydrogen (secondary N) is 1. The summed E-state index contributed by atoms with van der Waals surface area (Å²) in [6.45, 7) is 6.75. The highest BCUT2D eigenvalue weighted by Gasteiger charge is 2.16. The molecule has 1 amide bonds. The van der Waals surface area contributed by atoms with E-state index in [0.29, 0.717) is 12.3 Å². The van der Waals surface area contributed by atoms with E-state index in [1.807, 2.05) is 18.0 Å². The summed E-state index contributed by atoms with van der Waals surface area (Å²) in [5.41, 5.74) is 0. The van der Waals surface area contributed by atoms with Crippen LogP contribution >= 0.6 is 12.4 Å². The molecule has 0 aromatic carbocycles. The lowest BCUT2D eigenvalue weighted by atomic mass is 10.0. The first-order chi connectivity index (χ1) is 7.74. The maximum Gasteiger partial charge on any atom is 0.222 e. The van der Waals surface area contributed by atoms with E-state index < -0.39 is 0 Å². The quantitative estimate of drug-likeness (QED) is 0.562. The summed E-state index contributed by atoms with van der Waals surface area (Å²) in [5, 5.41) is 3.33. The van der Waals surface area contributed by atoms with Crippen LogP contribution in [0.3, 0.4) is 0 Å². The van der Waals surface area contributed by atoms with Crippen molar-refractivity contribution in [2.45, 2.75) is 32.1 Å². The lowest BCUT2D eigenvalue weighted by molar-refractivity contribution is -0.130. The van der Waals surface area contributed by atoms with Gasteiger partial charge in [-0.15, -0.1) is 19.0 Å². The molecule has 1 fully saturated rings. The summed E-state index contributed by atoms with van der Waals surface area (Å²) in [7, 11) is 1.90. The van der Waals surface area contributed by atoms with Gasteiger partial charge in [-0.25, -0.2) is 0 Å². The first-order valence-electron chi connectivity index (χ1n) is 6.29. The molecule has 0 aromatic rings. The van der Waals surface area contributed by atoms with Gasteiger partial charge in [0.15, 0.2) is 0 Å².